The highest BCUT2D eigenvalue weighted by molar-refractivity contribution is 5.73. The van der Waals surface area contributed by atoms with Crippen molar-refractivity contribution in [2.45, 2.75) is 52.6 Å². The van der Waals surface area contributed by atoms with Crippen molar-refractivity contribution in [1.82, 2.24) is 4.90 Å². The molecule has 1 heterocycles. The number of ether oxygens (including phenoxy) is 1. The molecule has 0 saturated carbocycles. The van der Waals surface area contributed by atoms with Gasteiger partial charge in [-0.15, -0.1) is 0 Å². The maximum Gasteiger partial charge on any atom is 0.293 e. The smallest absolute Gasteiger partial charge is 0.293 e. The van der Waals surface area contributed by atoms with Crippen LogP contribution in [0, 0.1) is 0 Å². The minimum atomic E-state index is -0.318. The first-order valence-corrected chi connectivity index (χ1v) is 5.74. The van der Waals surface area contributed by atoms with E-state index in [4.69, 9.17) is 0 Å². The number of nitrogens with zero attached hydrogens (tertiary/aromatic N) is 1. The Labute approximate surface area is 98.0 Å². The van der Waals surface area contributed by atoms with E-state index >= 15 is 0 Å². The van der Waals surface area contributed by atoms with Gasteiger partial charge in [0.15, 0.2) is 0 Å². The summed E-state index contributed by atoms with van der Waals surface area (Å²) in [6.07, 6.45) is 3.68. The lowest BCUT2D eigenvalue weighted by Crippen LogP contribution is -2.33. The monoisotopic (exact) mass is 229 g/mol. The SMILES string of the molecule is CC(=O)N1CCCCC1.CC(C)(C)OC=O. The average Bonchev–Trinajstić information content (AvgIpc) is 2.18. The van der Waals surface area contributed by atoms with Crippen LogP contribution >= 0.6 is 0 Å². The van der Waals surface area contributed by atoms with Crippen molar-refractivity contribution >= 4 is 12.4 Å². The topological polar surface area (TPSA) is 46.6 Å². The average molecular weight is 229 g/mol. The van der Waals surface area contributed by atoms with Crippen LogP contribution < -0.4 is 0 Å². The summed E-state index contributed by atoms with van der Waals surface area (Å²) in [6.45, 7) is 9.53. The first-order chi connectivity index (χ1) is 7.37. The van der Waals surface area contributed by atoms with Crippen LogP contribution in [0.25, 0.3) is 0 Å². The van der Waals surface area contributed by atoms with E-state index in [1.54, 1.807) is 6.92 Å². The standard InChI is InChI=1S/C7H13NO.C5H10O2/c1-7(9)8-5-3-2-4-6-8;1-5(2,3)7-4-6/h2-6H2,1H3;4H,1-3H3. The molecule has 1 saturated heterocycles. The number of amides is 1. The Morgan fingerprint density at radius 2 is 1.69 bits per heavy atom. The summed E-state index contributed by atoms with van der Waals surface area (Å²) < 4.78 is 4.55. The first-order valence-electron chi connectivity index (χ1n) is 5.74. The van der Waals surface area contributed by atoms with E-state index in [1.807, 2.05) is 25.7 Å². The van der Waals surface area contributed by atoms with Crippen LogP contribution in [0.4, 0.5) is 0 Å². The molecule has 1 aliphatic rings. The minimum absolute atomic E-state index is 0.231. The lowest BCUT2D eigenvalue weighted by atomic mass is 10.1. The number of likely N-dealkylation sites (tertiary alicyclic amines) is 1. The number of piperidine rings is 1. The molecule has 4 heteroatoms. The van der Waals surface area contributed by atoms with E-state index in [1.165, 1.54) is 19.3 Å². The number of hydrogen-bond donors (Lipinski definition) is 0. The fourth-order valence-electron chi connectivity index (χ4n) is 1.35. The second-order valence-electron chi connectivity index (χ2n) is 4.89. The van der Waals surface area contributed by atoms with Crippen LogP contribution in [-0.2, 0) is 14.3 Å². The molecule has 94 valence electrons. The van der Waals surface area contributed by atoms with Crippen LogP contribution in [0.2, 0.25) is 0 Å². The lowest BCUT2D eigenvalue weighted by molar-refractivity contribution is -0.138. The van der Waals surface area contributed by atoms with Gasteiger partial charge >= 0.3 is 0 Å². The normalized spacial score (nSPS) is 15.9. The van der Waals surface area contributed by atoms with Gasteiger partial charge in [-0.1, -0.05) is 0 Å². The summed E-state index contributed by atoms with van der Waals surface area (Å²) in [5, 5.41) is 0. The van der Waals surface area contributed by atoms with Crippen molar-refractivity contribution in [3.63, 3.8) is 0 Å². The van der Waals surface area contributed by atoms with Crippen molar-refractivity contribution in [3.8, 4) is 0 Å². The molecule has 16 heavy (non-hydrogen) atoms. The van der Waals surface area contributed by atoms with E-state index < -0.39 is 0 Å². The van der Waals surface area contributed by atoms with E-state index in [-0.39, 0.29) is 11.5 Å². The number of carbonyl (C=O) groups is 2. The molecule has 4 nitrogen and oxygen atoms in total. The van der Waals surface area contributed by atoms with Gasteiger partial charge < -0.3 is 9.64 Å². The molecule has 0 bridgehead atoms. The van der Waals surface area contributed by atoms with E-state index in [0.29, 0.717) is 6.47 Å². The Morgan fingerprint density at radius 3 is 1.88 bits per heavy atom. The maximum absolute atomic E-state index is 10.7. The molecule has 0 aliphatic carbocycles. The number of hydrogen-bond acceptors (Lipinski definition) is 3. The van der Waals surface area contributed by atoms with Gasteiger partial charge in [-0.3, -0.25) is 9.59 Å². The predicted octanol–water partition coefficient (Wildman–Crippen LogP) is 1.98. The second-order valence-corrected chi connectivity index (χ2v) is 4.89. The molecule has 0 atom stereocenters. The highest BCUT2D eigenvalue weighted by Gasteiger charge is 2.11. The summed E-state index contributed by atoms with van der Waals surface area (Å²) in [5.74, 6) is 0.231. The fourth-order valence-corrected chi connectivity index (χ4v) is 1.35. The zero-order valence-electron chi connectivity index (χ0n) is 10.8. The molecule has 0 N–H and O–H groups in total. The van der Waals surface area contributed by atoms with Crippen molar-refractivity contribution in [2.75, 3.05) is 13.1 Å². The molecular weight excluding hydrogens is 206 g/mol. The van der Waals surface area contributed by atoms with Gasteiger partial charge in [-0.25, -0.2) is 0 Å². The van der Waals surface area contributed by atoms with Gasteiger partial charge in [-0.2, -0.15) is 0 Å². The Bertz CT molecular complexity index is 215. The van der Waals surface area contributed by atoms with Gasteiger partial charge in [-0.05, 0) is 40.0 Å². The molecule has 0 aromatic carbocycles. The summed E-state index contributed by atoms with van der Waals surface area (Å²) in [7, 11) is 0. The lowest BCUT2D eigenvalue weighted by Gasteiger charge is -2.24. The van der Waals surface area contributed by atoms with Gasteiger partial charge in [0.1, 0.15) is 5.60 Å². The van der Waals surface area contributed by atoms with Crippen molar-refractivity contribution < 1.29 is 14.3 Å². The van der Waals surface area contributed by atoms with Crippen LogP contribution in [0.5, 0.6) is 0 Å². The molecule has 0 unspecified atom stereocenters. The van der Waals surface area contributed by atoms with E-state index in [0.717, 1.165) is 13.1 Å². The van der Waals surface area contributed by atoms with Crippen molar-refractivity contribution in [2.24, 2.45) is 0 Å². The van der Waals surface area contributed by atoms with E-state index in [9.17, 15) is 9.59 Å². The Kier molecular flexibility index (Phi) is 6.77. The van der Waals surface area contributed by atoms with Crippen molar-refractivity contribution in [1.29, 1.82) is 0 Å². The summed E-state index contributed by atoms with van der Waals surface area (Å²) in [4.78, 5) is 22.2. The molecule has 0 spiro atoms. The zero-order valence-corrected chi connectivity index (χ0v) is 10.8. The van der Waals surface area contributed by atoms with E-state index in [2.05, 4.69) is 4.74 Å². The predicted molar refractivity (Wildman–Crippen MR) is 63.0 cm³/mol. The molecular formula is C12H23NO3. The van der Waals surface area contributed by atoms with Crippen LogP contribution in [0.15, 0.2) is 0 Å². The molecule has 1 rings (SSSR count). The fraction of sp³-hybridized carbons (Fsp3) is 0.833. The molecule has 0 radical (unpaired) electrons. The quantitative estimate of drug-likeness (QED) is 0.646. The van der Waals surface area contributed by atoms with Crippen molar-refractivity contribution in [3.05, 3.63) is 0 Å². The Morgan fingerprint density at radius 1 is 1.19 bits per heavy atom. The van der Waals surface area contributed by atoms with Gasteiger partial charge in [0.25, 0.3) is 6.47 Å². The highest BCUT2D eigenvalue weighted by Crippen LogP contribution is 2.07. The van der Waals surface area contributed by atoms with Gasteiger partial charge in [0.2, 0.25) is 5.91 Å². The first kappa shape index (κ1) is 14.9. The summed E-state index contributed by atoms with van der Waals surface area (Å²) >= 11 is 0. The maximum atomic E-state index is 10.7. The molecule has 1 fully saturated rings. The minimum Gasteiger partial charge on any atom is -0.462 e. The third-order valence-corrected chi connectivity index (χ3v) is 2.20. The Balaban J connectivity index is 0.000000293. The molecule has 0 aromatic heterocycles. The number of rotatable bonds is 1. The molecule has 1 amide bonds. The molecule has 1 aliphatic heterocycles. The van der Waals surface area contributed by atoms with Crippen LogP contribution in [0.1, 0.15) is 47.0 Å². The highest BCUT2D eigenvalue weighted by atomic mass is 16.5. The molecule has 0 aromatic rings. The third-order valence-electron chi connectivity index (χ3n) is 2.20. The summed E-state index contributed by atoms with van der Waals surface area (Å²) in [5.41, 5.74) is -0.318. The third kappa shape index (κ3) is 8.26. The second kappa shape index (κ2) is 7.25. The van der Waals surface area contributed by atoms with Gasteiger partial charge in [0, 0.05) is 20.0 Å². The largest absolute Gasteiger partial charge is 0.462 e. The van der Waals surface area contributed by atoms with Gasteiger partial charge in [0.05, 0.1) is 0 Å². The van der Waals surface area contributed by atoms with Crippen LogP contribution in [-0.4, -0.2) is 36.0 Å². The number of carbonyl (C=O) groups excluding carboxylic acids is 2. The summed E-state index contributed by atoms with van der Waals surface area (Å²) in [6, 6.07) is 0. The zero-order chi connectivity index (χ0) is 12.6. The van der Waals surface area contributed by atoms with Crippen LogP contribution in [0.3, 0.4) is 0 Å². The Hall–Kier alpha value is -1.06.